The van der Waals surface area contributed by atoms with Gasteiger partial charge in [0.25, 0.3) is 0 Å². The monoisotopic (exact) mass is 164 g/mol. The fourth-order valence-electron chi connectivity index (χ4n) is 0.134. The molecule has 0 aliphatic carbocycles. The molecule has 0 atom stereocenters. The first kappa shape index (κ1) is 9.08. The van der Waals surface area contributed by atoms with Crippen LogP contribution in [-0.2, 0) is 4.79 Å². The Morgan fingerprint density at radius 3 is 1.90 bits per heavy atom. The van der Waals surface area contributed by atoms with Crippen molar-refractivity contribution in [2.75, 3.05) is 0 Å². The molecule has 0 aromatic heterocycles. The maximum absolute atomic E-state index is 11.5. The summed E-state index contributed by atoms with van der Waals surface area (Å²) in [6.45, 7) is 0. The molecule has 0 rings (SSSR count). The van der Waals surface area contributed by atoms with E-state index < -0.39 is 17.3 Å². The van der Waals surface area contributed by atoms with Crippen LogP contribution in [0.25, 0.3) is 0 Å². The van der Waals surface area contributed by atoms with E-state index in [4.69, 9.17) is 0 Å². The molecule has 0 aromatic carbocycles. The Balaban J connectivity index is 4.24. The van der Waals surface area contributed by atoms with Crippen molar-refractivity contribution in [3.8, 4) is 0 Å². The van der Waals surface area contributed by atoms with Crippen molar-refractivity contribution in [3.05, 3.63) is 0 Å². The Morgan fingerprint density at radius 2 is 1.80 bits per heavy atom. The first-order valence-electron chi connectivity index (χ1n) is 1.83. The Kier molecular flexibility index (Phi) is 2.52. The van der Waals surface area contributed by atoms with Crippen LogP contribution >= 0.6 is 0 Å². The molecule has 60 valence electrons. The lowest BCUT2D eigenvalue weighted by Gasteiger charge is -2.10. The lowest BCUT2D eigenvalue weighted by Crippen LogP contribution is -2.43. The lowest BCUT2D eigenvalue weighted by atomic mass is 10.5. The van der Waals surface area contributed by atoms with Gasteiger partial charge in [-0.25, -0.2) is 0 Å². The largest absolute Gasteiger partial charge is 0.437 e. The highest BCUT2D eigenvalue weighted by atomic mass is 19.4. The minimum atomic E-state index is -5.12. The molecule has 3 nitrogen and oxygen atoms in total. The van der Waals surface area contributed by atoms with E-state index in [1.807, 2.05) is 0 Å². The topological polar surface area (TPSA) is 32.3 Å². The SMILES string of the molecule is O=C(NF)C(F)(F)N(F)F. The number of carbonyl (C=O) groups is 1. The minimum absolute atomic E-state index is 0.124. The second kappa shape index (κ2) is 2.78. The van der Waals surface area contributed by atoms with Crippen LogP contribution in [0.3, 0.4) is 0 Å². The quantitative estimate of drug-likeness (QED) is 0.369. The summed E-state index contributed by atoms with van der Waals surface area (Å²) in [5.74, 6) is -2.71. The zero-order chi connectivity index (χ0) is 8.36. The Labute approximate surface area is 51.2 Å². The van der Waals surface area contributed by atoms with Crippen LogP contribution < -0.4 is 5.54 Å². The number of rotatable bonds is 2. The number of alkyl halides is 2. The molecular weight excluding hydrogens is 163 g/mol. The van der Waals surface area contributed by atoms with Gasteiger partial charge in [-0.3, -0.25) is 4.79 Å². The molecule has 10 heavy (non-hydrogen) atoms. The highest BCUT2D eigenvalue weighted by Gasteiger charge is 2.48. The second-order valence-electron chi connectivity index (χ2n) is 1.20. The van der Waals surface area contributed by atoms with Gasteiger partial charge in [0.1, 0.15) is 5.34 Å². The van der Waals surface area contributed by atoms with Gasteiger partial charge in [-0.1, -0.05) is 8.96 Å². The van der Waals surface area contributed by atoms with E-state index in [1.165, 1.54) is 0 Å². The van der Waals surface area contributed by atoms with Crippen molar-refractivity contribution in [3.63, 3.8) is 0 Å². The highest BCUT2D eigenvalue weighted by molar-refractivity contribution is 5.81. The van der Waals surface area contributed by atoms with Crippen molar-refractivity contribution < 1.29 is 27.0 Å². The van der Waals surface area contributed by atoms with Crippen LogP contribution in [0.5, 0.6) is 0 Å². The number of nitrogens with zero attached hydrogens (tertiary/aromatic N) is 1. The van der Waals surface area contributed by atoms with E-state index in [0.717, 1.165) is 0 Å². The zero-order valence-electron chi connectivity index (χ0n) is 4.25. The molecule has 1 N–H and O–H groups in total. The van der Waals surface area contributed by atoms with E-state index in [9.17, 15) is 27.0 Å². The summed E-state index contributed by atoms with van der Waals surface area (Å²) in [7, 11) is 0. The molecule has 0 saturated heterocycles. The number of carbonyl (C=O) groups excluding carboxylic acids is 1. The van der Waals surface area contributed by atoms with Crippen LogP contribution in [0.15, 0.2) is 0 Å². The van der Waals surface area contributed by atoms with Gasteiger partial charge >= 0.3 is 12.0 Å². The van der Waals surface area contributed by atoms with Crippen molar-refractivity contribution in [1.82, 2.24) is 10.9 Å². The third kappa shape index (κ3) is 1.53. The summed E-state index contributed by atoms with van der Waals surface area (Å²) in [5.41, 5.74) is -0.124. The van der Waals surface area contributed by atoms with E-state index in [-0.39, 0.29) is 5.54 Å². The van der Waals surface area contributed by atoms with E-state index in [2.05, 4.69) is 0 Å². The first-order valence-corrected chi connectivity index (χ1v) is 1.83. The van der Waals surface area contributed by atoms with Crippen LogP contribution in [-0.4, -0.2) is 17.3 Å². The summed E-state index contributed by atoms with van der Waals surface area (Å²) in [6, 6.07) is -5.12. The fraction of sp³-hybridized carbons (Fsp3) is 0.500. The third-order valence-electron chi connectivity index (χ3n) is 0.571. The summed E-state index contributed by atoms with van der Waals surface area (Å²) in [5, 5.41) is -2.69. The van der Waals surface area contributed by atoms with Crippen LogP contribution in [0, 0.1) is 0 Å². The van der Waals surface area contributed by atoms with Gasteiger partial charge in [-0.2, -0.15) is 14.3 Å². The summed E-state index contributed by atoms with van der Waals surface area (Å²) in [4.78, 5) is 9.52. The number of hydrogen-bond acceptors (Lipinski definition) is 2. The molecule has 0 heterocycles. The zero-order valence-corrected chi connectivity index (χ0v) is 4.25. The Bertz CT molecular complexity index is 136. The molecule has 0 aliphatic rings. The molecule has 0 fully saturated rings. The third-order valence-corrected chi connectivity index (χ3v) is 0.571. The minimum Gasteiger partial charge on any atom is -0.264 e. The van der Waals surface area contributed by atoms with Crippen LogP contribution in [0.4, 0.5) is 22.2 Å². The van der Waals surface area contributed by atoms with Crippen molar-refractivity contribution >= 4 is 5.91 Å². The van der Waals surface area contributed by atoms with Gasteiger partial charge in [0.15, 0.2) is 0 Å². The van der Waals surface area contributed by atoms with Gasteiger partial charge in [-0.05, 0) is 0 Å². The van der Waals surface area contributed by atoms with Crippen LogP contribution in [0.1, 0.15) is 0 Å². The predicted molar refractivity (Wildman–Crippen MR) is 18.3 cm³/mol. The molecule has 0 aliphatic heterocycles. The molecule has 8 heteroatoms. The summed E-state index contributed by atoms with van der Waals surface area (Å²) >= 11 is 0. The summed E-state index contributed by atoms with van der Waals surface area (Å²) < 4.78 is 55.5. The average molecular weight is 164 g/mol. The van der Waals surface area contributed by atoms with Crippen molar-refractivity contribution in [2.24, 2.45) is 0 Å². The van der Waals surface area contributed by atoms with E-state index >= 15 is 0 Å². The molecule has 0 aromatic rings. The lowest BCUT2D eigenvalue weighted by molar-refractivity contribution is -0.316. The fourth-order valence-corrected chi connectivity index (χ4v) is 0.134. The number of halogens is 5. The molecule has 0 radical (unpaired) electrons. The van der Waals surface area contributed by atoms with Gasteiger partial charge in [0.05, 0.1) is 0 Å². The van der Waals surface area contributed by atoms with Crippen LogP contribution in [0.2, 0.25) is 0 Å². The van der Waals surface area contributed by atoms with Gasteiger partial charge in [0, 0.05) is 0 Å². The number of nitrogens with one attached hydrogen (secondary N) is 1. The Morgan fingerprint density at radius 1 is 1.40 bits per heavy atom. The standard InChI is InChI=1S/C2HF5N2O/c3-2(4,9(6)7)1(10)8-5/h(H,8,10). The normalized spacial score (nSPS) is 11.8. The highest BCUT2D eigenvalue weighted by Crippen LogP contribution is 2.20. The van der Waals surface area contributed by atoms with Crippen molar-refractivity contribution in [1.29, 1.82) is 0 Å². The predicted octanol–water partition coefficient (Wildman–Crippen LogP) is 0.651. The second-order valence-corrected chi connectivity index (χ2v) is 1.20. The molecular formula is C2HF5N2O. The smallest absolute Gasteiger partial charge is 0.264 e. The molecule has 0 unspecified atom stereocenters. The average Bonchev–Trinajstić information content (AvgIpc) is 1.86. The Hall–Kier alpha value is -0.920. The first-order chi connectivity index (χ1) is 4.42. The number of amides is 1. The summed E-state index contributed by atoms with van der Waals surface area (Å²) in [6.07, 6.45) is 0. The van der Waals surface area contributed by atoms with Gasteiger partial charge in [-0.15, -0.1) is 4.48 Å². The van der Waals surface area contributed by atoms with Crippen molar-refractivity contribution in [2.45, 2.75) is 6.05 Å². The molecule has 0 spiro atoms. The van der Waals surface area contributed by atoms with E-state index in [0.29, 0.717) is 0 Å². The number of hydrogen-bond donors (Lipinski definition) is 1. The van der Waals surface area contributed by atoms with Gasteiger partial charge < -0.3 is 0 Å². The molecule has 0 bridgehead atoms. The van der Waals surface area contributed by atoms with Gasteiger partial charge in [0.2, 0.25) is 0 Å². The maximum atomic E-state index is 11.5. The van der Waals surface area contributed by atoms with E-state index in [1.54, 1.807) is 0 Å². The molecule has 1 amide bonds. The molecule has 0 saturated carbocycles. The maximum Gasteiger partial charge on any atom is 0.437 e.